The number of rotatable bonds is 2. The van der Waals surface area contributed by atoms with Gasteiger partial charge in [0.05, 0.1) is 0 Å². The first-order valence-electron chi connectivity index (χ1n) is 4.33. The lowest BCUT2D eigenvalue weighted by Gasteiger charge is -2.31. The number of halogens is 2. The zero-order valence-corrected chi connectivity index (χ0v) is 7.58. The van der Waals surface area contributed by atoms with Crippen molar-refractivity contribution >= 4 is 5.97 Å². The minimum Gasteiger partial charge on any atom is -0.362 e. The Morgan fingerprint density at radius 1 is 1.64 bits per heavy atom. The quantitative estimate of drug-likeness (QED) is 0.674. The van der Waals surface area contributed by atoms with Crippen molar-refractivity contribution in [2.24, 2.45) is 5.73 Å². The molecular formula is C8H12F2N2O2. The molecule has 1 aliphatic heterocycles. The molecule has 0 aromatic carbocycles. The van der Waals surface area contributed by atoms with Crippen LogP contribution in [0, 0.1) is 0 Å². The van der Waals surface area contributed by atoms with Crippen molar-refractivity contribution in [3.8, 4) is 0 Å². The van der Waals surface area contributed by atoms with Crippen LogP contribution in [0.15, 0.2) is 12.0 Å². The second-order valence-electron chi connectivity index (χ2n) is 3.21. The molecule has 0 saturated carbocycles. The predicted molar refractivity (Wildman–Crippen MR) is 45.2 cm³/mol. The van der Waals surface area contributed by atoms with Crippen LogP contribution in [0.2, 0.25) is 0 Å². The zero-order valence-electron chi connectivity index (χ0n) is 7.58. The van der Waals surface area contributed by atoms with E-state index in [1.807, 2.05) is 0 Å². The summed E-state index contributed by atoms with van der Waals surface area (Å²) in [6.07, 6.45) is 1.61. The summed E-state index contributed by atoms with van der Waals surface area (Å²) in [6, 6.07) is -0.119. The molecule has 0 radical (unpaired) electrons. The Kier molecular flexibility index (Phi) is 3.82. The molecule has 6 heteroatoms. The molecule has 0 amide bonds. The lowest BCUT2D eigenvalue weighted by Crippen LogP contribution is -2.43. The van der Waals surface area contributed by atoms with Crippen LogP contribution < -0.4 is 5.73 Å². The van der Waals surface area contributed by atoms with Crippen LogP contribution >= 0.6 is 0 Å². The first-order chi connectivity index (χ1) is 6.69. The Bertz CT molecular complexity index is 245. The highest BCUT2D eigenvalue weighted by Gasteiger charge is 2.24. The summed E-state index contributed by atoms with van der Waals surface area (Å²) in [4.78, 5) is 15.1. The molecule has 0 aliphatic carbocycles. The average molecular weight is 206 g/mol. The van der Waals surface area contributed by atoms with Crippen LogP contribution in [0.25, 0.3) is 0 Å². The van der Waals surface area contributed by atoms with E-state index in [1.54, 1.807) is 0 Å². The third kappa shape index (κ3) is 2.41. The summed E-state index contributed by atoms with van der Waals surface area (Å²) in [6.45, 7) is 0.823. The van der Waals surface area contributed by atoms with Crippen molar-refractivity contribution in [2.75, 3.05) is 13.1 Å². The van der Waals surface area contributed by atoms with Gasteiger partial charge < -0.3 is 10.6 Å². The van der Waals surface area contributed by atoms with Gasteiger partial charge in [0, 0.05) is 23.7 Å². The lowest BCUT2D eigenvalue weighted by atomic mass is 10.1. The maximum atomic E-state index is 12.3. The fourth-order valence-corrected chi connectivity index (χ4v) is 1.51. The topological polar surface area (TPSA) is 55.6 Å². The molecule has 0 bridgehead atoms. The van der Waals surface area contributed by atoms with Gasteiger partial charge in [0.1, 0.15) is 6.33 Å². The molecule has 0 aromatic rings. The molecule has 1 saturated heterocycles. The van der Waals surface area contributed by atoms with Crippen LogP contribution in [-0.2, 0) is 9.74 Å². The molecule has 80 valence electrons. The third-order valence-corrected chi connectivity index (χ3v) is 2.18. The normalized spacial score (nSPS) is 23.5. The van der Waals surface area contributed by atoms with Crippen molar-refractivity contribution in [3.63, 3.8) is 0 Å². The third-order valence-electron chi connectivity index (χ3n) is 2.18. The van der Waals surface area contributed by atoms with E-state index in [0.29, 0.717) is 13.1 Å². The molecule has 1 heterocycles. The monoisotopic (exact) mass is 206 g/mol. The number of nitrogens with two attached hydrogens (primary N) is 1. The fraction of sp³-hybridized carbons (Fsp3) is 0.625. The van der Waals surface area contributed by atoms with Gasteiger partial charge >= 0.3 is 5.97 Å². The van der Waals surface area contributed by atoms with Gasteiger partial charge in [-0.25, -0.2) is 14.1 Å². The fourth-order valence-electron chi connectivity index (χ4n) is 1.51. The largest absolute Gasteiger partial charge is 0.397 e. The molecule has 0 spiro atoms. The van der Waals surface area contributed by atoms with E-state index in [0.717, 1.165) is 12.8 Å². The maximum absolute atomic E-state index is 12.3. The number of carbonyl (C=O) groups excluding carboxylic acids is 1. The number of hydrogen-bond acceptors (Lipinski definition) is 4. The molecule has 1 rings (SSSR count). The number of nitrogens with zero attached hydrogens (tertiary/aromatic N) is 1. The zero-order chi connectivity index (χ0) is 10.6. The summed E-state index contributed by atoms with van der Waals surface area (Å²) in [7, 11) is 0. The van der Waals surface area contributed by atoms with Crippen LogP contribution in [0.5, 0.6) is 0 Å². The van der Waals surface area contributed by atoms with E-state index in [1.165, 1.54) is 4.90 Å². The highest BCUT2D eigenvalue weighted by atomic mass is 19.3. The molecule has 4 nitrogen and oxygen atoms in total. The second-order valence-corrected chi connectivity index (χ2v) is 3.21. The van der Waals surface area contributed by atoms with E-state index in [2.05, 4.69) is 4.94 Å². The summed E-state index contributed by atoms with van der Waals surface area (Å²) >= 11 is 0. The standard InChI is InChI=1S/C8H12F2N2O2/c9-4-7(8(13)14-10)12-3-1-2-6(11)5-12/h4,6H,1-3,5,11H2/t6-/m1/s1. The van der Waals surface area contributed by atoms with Gasteiger partial charge in [0.2, 0.25) is 0 Å². The number of piperidine rings is 1. The van der Waals surface area contributed by atoms with E-state index >= 15 is 0 Å². The molecule has 2 N–H and O–H groups in total. The minimum atomic E-state index is -1.32. The molecule has 1 aliphatic rings. The Labute approximate surface area is 80.2 Å². The minimum absolute atomic E-state index is 0.0416. The molecule has 0 unspecified atom stereocenters. The smallest absolute Gasteiger partial charge is 0.362 e. The van der Waals surface area contributed by atoms with Crippen molar-refractivity contribution in [3.05, 3.63) is 12.0 Å². The van der Waals surface area contributed by atoms with Gasteiger partial charge in [-0.3, -0.25) is 0 Å². The van der Waals surface area contributed by atoms with Crippen molar-refractivity contribution < 1.29 is 18.7 Å². The maximum Gasteiger partial charge on any atom is 0.397 e. The Morgan fingerprint density at radius 2 is 2.36 bits per heavy atom. The van der Waals surface area contributed by atoms with Crippen LogP contribution in [-0.4, -0.2) is 30.0 Å². The van der Waals surface area contributed by atoms with E-state index < -0.39 is 11.7 Å². The number of hydrogen-bond donors (Lipinski definition) is 1. The predicted octanol–water partition coefficient (Wildman–Crippen LogP) is 0.648. The van der Waals surface area contributed by atoms with Gasteiger partial charge in [-0.15, -0.1) is 0 Å². The van der Waals surface area contributed by atoms with Crippen molar-refractivity contribution in [1.29, 1.82) is 0 Å². The number of likely N-dealkylation sites (tertiary alicyclic amines) is 1. The van der Waals surface area contributed by atoms with Crippen molar-refractivity contribution in [1.82, 2.24) is 4.90 Å². The summed E-state index contributed by atoms with van der Waals surface area (Å²) in [5.74, 6) is -1.32. The molecule has 1 atom stereocenters. The van der Waals surface area contributed by atoms with Gasteiger partial charge in [0.25, 0.3) is 0 Å². The molecule has 1 fully saturated rings. The van der Waals surface area contributed by atoms with Gasteiger partial charge in [-0.1, -0.05) is 0 Å². The Balaban J connectivity index is 2.65. The van der Waals surface area contributed by atoms with Crippen LogP contribution in [0.1, 0.15) is 12.8 Å². The van der Waals surface area contributed by atoms with E-state index in [4.69, 9.17) is 5.73 Å². The van der Waals surface area contributed by atoms with E-state index in [-0.39, 0.29) is 12.4 Å². The van der Waals surface area contributed by atoms with Gasteiger partial charge in [0.15, 0.2) is 5.70 Å². The number of carbonyl (C=O) groups is 1. The Hall–Kier alpha value is -1.17. The Morgan fingerprint density at radius 3 is 2.86 bits per heavy atom. The molecular weight excluding hydrogens is 194 g/mol. The SMILES string of the molecule is N[C@@H]1CCCN(C(=CF)C(=O)OF)C1. The van der Waals surface area contributed by atoms with Gasteiger partial charge in [-0.2, -0.15) is 0 Å². The van der Waals surface area contributed by atoms with Crippen LogP contribution in [0.3, 0.4) is 0 Å². The summed E-state index contributed by atoms with van der Waals surface area (Å²) < 4.78 is 23.9. The summed E-state index contributed by atoms with van der Waals surface area (Å²) in [5, 5.41) is 0. The average Bonchev–Trinajstić information content (AvgIpc) is 2.19. The highest BCUT2D eigenvalue weighted by molar-refractivity contribution is 5.86. The highest BCUT2D eigenvalue weighted by Crippen LogP contribution is 2.15. The first-order valence-corrected chi connectivity index (χ1v) is 4.33. The lowest BCUT2D eigenvalue weighted by molar-refractivity contribution is -0.180. The van der Waals surface area contributed by atoms with E-state index in [9.17, 15) is 13.7 Å². The summed E-state index contributed by atoms with van der Waals surface area (Å²) in [5.41, 5.74) is 5.21. The molecule has 0 aromatic heterocycles. The van der Waals surface area contributed by atoms with Crippen LogP contribution in [0.4, 0.5) is 8.92 Å². The van der Waals surface area contributed by atoms with Crippen molar-refractivity contribution in [2.45, 2.75) is 18.9 Å². The van der Waals surface area contributed by atoms with Gasteiger partial charge in [-0.05, 0) is 12.8 Å². The first kappa shape index (κ1) is 10.9. The molecule has 14 heavy (non-hydrogen) atoms. The second kappa shape index (κ2) is 4.90.